The average molecular weight is 202 g/mol. The summed E-state index contributed by atoms with van der Waals surface area (Å²) in [4.78, 5) is 0. The topological polar surface area (TPSA) is 31.0 Å². The van der Waals surface area contributed by atoms with Gasteiger partial charge in [-0.25, -0.2) is 0 Å². The predicted molar refractivity (Wildman–Crippen MR) is 55.2 cm³/mol. The van der Waals surface area contributed by atoms with Crippen LogP contribution in [0.2, 0.25) is 0 Å². The van der Waals surface area contributed by atoms with Crippen LogP contribution in [-0.2, 0) is 14.2 Å². The van der Waals surface area contributed by atoms with Crippen molar-refractivity contribution in [2.45, 2.75) is 51.9 Å². The minimum absolute atomic E-state index is 0.00474. The molecule has 0 spiro atoms. The summed E-state index contributed by atoms with van der Waals surface area (Å²) < 4.78 is 16.1. The molecular formula is C11H22O3. The molecule has 0 N–H and O–H groups in total. The second kappa shape index (κ2) is 7.21. The van der Waals surface area contributed by atoms with Gasteiger partial charge in [0.2, 0.25) is 0 Å². The highest BCUT2D eigenvalue weighted by atomic mass is 16.7. The Balaban J connectivity index is 1.93. The molecule has 3 heteroatoms. The van der Waals surface area contributed by atoms with Crippen LogP contribution in [0.5, 0.6) is 0 Å². The zero-order chi connectivity index (χ0) is 10.2. The van der Waals surface area contributed by atoms with Gasteiger partial charge in [0.15, 0.2) is 6.29 Å². The normalized spacial score (nSPS) is 20.4. The van der Waals surface area contributed by atoms with Crippen molar-refractivity contribution in [1.82, 2.24) is 0 Å². The van der Waals surface area contributed by atoms with Gasteiger partial charge in [-0.15, -0.1) is 0 Å². The van der Waals surface area contributed by atoms with Gasteiger partial charge in [-0.2, -0.15) is 0 Å². The zero-order valence-electron chi connectivity index (χ0n) is 9.33. The Morgan fingerprint density at radius 1 is 1.21 bits per heavy atom. The lowest BCUT2D eigenvalue weighted by Crippen LogP contribution is -2.17. The maximum absolute atomic E-state index is 5.45. The molecule has 0 aromatic carbocycles. The third-order valence-electron chi connectivity index (χ3n) is 2.32. The molecule has 0 bridgehead atoms. The Morgan fingerprint density at radius 3 is 2.36 bits per heavy atom. The van der Waals surface area contributed by atoms with Gasteiger partial charge in [0.05, 0.1) is 12.7 Å². The van der Waals surface area contributed by atoms with Crippen LogP contribution in [0.1, 0.15) is 39.5 Å². The van der Waals surface area contributed by atoms with Crippen LogP contribution >= 0.6 is 0 Å². The highest BCUT2D eigenvalue weighted by Crippen LogP contribution is 2.18. The van der Waals surface area contributed by atoms with Crippen LogP contribution in [-0.4, -0.2) is 32.2 Å². The fourth-order valence-corrected chi connectivity index (χ4v) is 1.50. The molecule has 1 fully saturated rings. The van der Waals surface area contributed by atoms with E-state index in [0.29, 0.717) is 6.10 Å². The molecule has 1 aliphatic heterocycles. The maximum Gasteiger partial charge on any atom is 0.157 e. The van der Waals surface area contributed by atoms with Crippen LogP contribution in [0.15, 0.2) is 0 Å². The van der Waals surface area contributed by atoms with E-state index in [1.54, 1.807) is 0 Å². The van der Waals surface area contributed by atoms with Crippen molar-refractivity contribution >= 4 is 0 Å². The summed E-state index contributed by atoms with van der Waals surface area (Å²) in [6.07, 6.45) is 5.17. The van der Waals surface area contributed by atoms with Gasteiger partial charge in [-0.3, -0.25) is 0 Å². The van der Waals surface area contributed by atoms with E-state index in [4.69, 9.17) is 14.2 Å². The van der Waals surface area contributed by atoms with Crippen molar-refractivity contribution in [1.29, 1.82) is 0 Å². The van der Waals surface area contributed by atoms with Gasteiger partial charge < -0.3 is 14.2 Å². The van der Waals surface area contributed by atoms with Gasteiger partial charge in [-0.1, -0.05) is 6.42 Å². The van der Waals surface area contributed by atoms with Crippen LogP contribution < -0.4 is 0 Å². The molecule has 0 aromatic rings. The second-order valence-corrected chi connectivity index (χ2v) is 3.58. The van der Waals surface area contributed by atoms with Gasteiger partial charge in [-0.05, 0) is 33.1 Å². The van der Waals surface area contributed by atoms with E-state index in [1.807, 2.05) is 13.8 Å². The molecule has 0 saturated carbocycles. The van der Waals surface area contributed by atoms with Crippen molar-refractivity contribution < 1.29 is 14.2 Å². The van der Waals surface area contributed by atoms with E-state index < -0.39 is 0 Å². The van der Waals surface area contributed by atoms with Gasteiger partial charge in [0, 0.05) is 13.2 Å². The van der Waals surface area contributed by atoms with Crippen LogP contribution in [0.3, 0.4) is 0 Å². The van der Waals surface area contributed by atoms with E-state index >= 15 is 0 Å². The molecular weight excluding hydrogens is 180 g/mol. The molecule has 0 aliphatic carbocycles. The summed E-state index contributed by atoms with van der Waals surface area (Å²) in [5.41, 5.74) is 0. The number of epoxide rings is 1. The Bertz CT molecular complexity index is 128. The highest BCUT2D eigenvalue weighted by Gasteiger charge is 2.21. The minimum atomic E-state index is 0.00474. The largest absolute Gasteiger partial charge is 0.373 e. The smallest absolute Gasteiger partial charge is 0.157 e. The first-order valence-electron chi connectivity index (χ1n) is 5.71. The summed E-state index contributed by atoms with van der Waals surface area (Å²) in [6, 6.07) is 0. The first kappa shape index (κ1) is 12.0. The van der Waals surface area contributed by atoms with Crippen molar-refractivity contribution in [3.63, 3.8) is 0 Å². The van der Waals surface area contributed by atoms with Crippen molar-refractivity contribution in [3.05, 3.63) is 0 Å². The molecule has 1 unspecified atom stereocenters. The highest BCUT2D eigenvalue weighted by molar-refractivity contribution is 4.68. The van der Waals surface area contributed by atoms with Gasteiger partial charge in [0.25, 0.3) is 0 Å². The molecule has 14 heavy (non-hydrogen) atoms. The first-order chi connectivity index (χ1) is 6.86. The molecule has 84 valence electrons. The molecule has 1 rings (SSSR count). The molecule has 1 atom stereocenters. The van der Waals surface area contributed by atoms with Crippen molar-refractivity contribution in [3.8, 4) is 0 Å². The SMILES string of the molecule is CCOC(CCCCC1CO1)OCC. The molecule has 1 aliphatic rings. The number of unbranched alkanes of at least 4 members (excludes halogenated alkanes) is 1. The monoisotopic (exact) mass is 202 g/mol. The number of hydrogen-bond acceptors (Lipinski definition) is 3. The molecule has 1 heterocycles. The Hall–Kier alpha value is -0.120. The number of ether oxygens (including phenoxy) is 3. The van der Waals surface area contributed by atoms with E-state index in [-0.39, 0.29) is 6.29 Å². The van der Waals surface area contributed by atoms with Crippen molar-refractivity contribution in [2.75, 3.05) is 19.8 Å². The van der Waals surface area contributed by atoms with Crippen LogP contribution in [0.25, 0.3) is 0 Å². The van der Waals surface area contributed by atoms with Crippen LogP contribution in [0.4, 0.5) is 0 Å². The first-order valence-corrected chi connectivity index (χ1v) is 5.71. The fourth-order valence-electron chi connectivity index (χ4n) is 1.50. The summed E-state index contributed by atoms with van der Waals surface area (Å²) in [6.45, 7) is 6.45. The molecule has 3 nitrogen and oxygen atoms in total. The lowest BCUT2D eigenvalue weighted by molar-refractivity contribution is -0.140. The molecule has 0 amide bonds. The second-order valence-electron chi connectivity index (χ2n) is 3.58. The maximum atomic E-state index is 5.45. The van der Waals surface area contributed by atoms with Gasteiger partial charge in [0.1, 0.15) is 0 Å². The third-order valence-corrected chi connectivity index (χ3v) is 2.32. The molecule has 0 aromatic heterocycles. The Kier molecular flexibility index (Phi) is 6.15. The quantitative estimate of drug-likeness (QED) is 0.327. The van der Waals surface area contributed by atoms with E-state index in [9.17, 15) is 0 Å². The Morgan fingerprint density at radius 2 is 1.86 bits per heavy atom. The van der Waals surface area contributed by atoms with E-state index in [1.165, 1.54) is 19.3 Å². The van der Waals surface area contributed by atoms with E-state index in [2.05, 4.69) is 0 Å². The minimum Gasteiger partial charge on any atom is -0.373 e. The lowest BCUT2D eigenvalue weighted by atomic mass is 10.1. The molecule has 1 saturated heterocycles. The summed E-state index contributed by atoms with van der Waals surface area (Å²) >= 11 is 0. The zero-order valence-corrected chi connectivity index (χ0v) is 9.33. The predicted octanol–water partition coefficient (Wildman–Crippen LogP) is 2.34. The lowest BCUT2D eigenvalue weighted by Gasteiger charge is -2.16. The molecule has 0 radical (unpaired) electrons. The third kappa shape index (κ3) is 5.58. The number of hydrogen-bond donors (Lipinski definition) is 0. The van der Waals surface area contributed by atoms with Crippen LogP contribution in [0, 0.1) is 0 Å². The standard InChI is InChI=1S/C11H22O3/c1-3-12-11(13-4-2)8-6-5-7-10-9-14-10/h10-11H,3-9H2,1-2H3. The van der Waals surface area contributed by atoms with Gasteiger partial charge >= 0.3 is 0 Å². The summed E-state index contributed by atoms with van der Waals surface area (Å²) in [5, 5.41) is 0. The Labute approximate surface area is 86.7 Å². The summed E-state index contributed by atoms with van der Waals surface area (Å²) in [7, 11) is 0. The summed E-state index contributed by atoms with van der Waals surface area (Å²) in [5.74, 6) is 0. The van der Waals surface area contributed by atoms with E-state index in [0.717, 1.165) is 26.2 Å². The average Bonchev–Trinajstić information content (AvgIpc) is 2.96. The number of rotatable bonds is 9. The van der Waals surface area contributed by atoms with Crippen molar-refractivity contribution in [2.24, 2.45) is 0 Å². The fraction of sp³-hybridized carbons (Fsp3) is 1.00.